The van der Waals surface area contributed by atoms with Crippen molar-refractivity contribution in [1.29, 1.82) is 0 Å². The fourth-order valence-electron chi connectivity index (χ4n) is 3.46. The first-order valence-corrected chi connectivity index (χ1v) is 10.7. The molecule has 3 aromatic rings. The lowest BCUT2D eigenvalue weighted by atomic mass is 10.0. The molecule has 1 aliphatic rings. The monoisotopic (exact) mass is 421 g/mol. The van der Waals surface area contributed by atoms with Gasteiger partial charge in [-0.2, -0.15) is 0 Å². The number of thiophene rings is 1. The summed E-state index contributed by atoms with van der Waals surface area (Å²) in [6.07, 6.45) is 0.750. The van der Waals surface area contributed by atoms with Gasteiger partial charge < -0.3 is 14.8 Å². The van der Waals surface area contributed by atoms with Crippen molar-refractivity contribution in [2.45, 2.75) is 32.9 Å². The Kier molecular flexibility index (Phi) is 5.86. The number of benzene rings is 2. The van der Waals surface area contributed by atoms with Gasteiger partial charge in [-0.05, 0) is 37.1 Å². The third-order valence-corrected chi connectivity index (χ3v) is 6.27. The Balaban J connectivity index is 1.38. The topological polar surface area (TPSA) is 64.6 Å². The lowest BCUT2D eigenvalue weighted by Crippen LogP contribution is -2.32. The molecule has 0 spiro atoms. The molecule has 154 valence electrons. The molecule has 5 nitrogen and oxygen atoms in total. The summed E-state index contributed by atoms with van der Waals surface area (Å²) >= 11 is 1.37. The fourth-order valence-corrected chi connectivity index (χ4v) is 4.55. The molecule has 0 saturated heterocycles. The van der Waals surface area contributed by atoms with Crippen LogP contribution in [0, 0.1) is 6.92 Å². The highest BCUT2D eigenvalue weighted by Gasteiger charge is 2.23. The zero-order valence-corrected chi connectivity index (χ0v) is 17.8. The number of esters is 1. The Bertz CT molecular complexity index is 1070. The summed E-state index contributed by atoms with van der Waals surface area (Å²) in [7, 11) is 0. The quantitative estimate of drug-likeness (QED) is 0.567. The minimum Gasteiger partial charge on any atom is -0.488 e. The molecule has 30 heavy (non-hydrogen) atoms. The number of amides is 1. The van der Waals surface area contributed by atoms with Crippen molar-refractivity contribution in [2.24, 2.45) is 0 Å². The molecule has 0 radical (unpaired) electrons. The van der Waals surface area contributed by atoms with Gasteiger partial charge in [-0.25, -0.2) is 4.79 Å². The van der Waals surface area contributed by atoms with Crippen LogP contribution >= 0.6 is 11.3 Å². The molecule has 1 atom stereocenters. The molecule has 0 bridgehead atoms. The van der Waals surface area contributed by atoms with Gasteiger partial charge in [0.2, 0.25) is 0 Å². The molecule has 0 saturated carbocycles. The van der Waals surface area contributed by atoms with Gasteiger partial charge in [-0.15, -0.1) is 11.3 Å². The van der Waals surface area contributed by atoms with E-state index in [2.05, 4.69) is 5.32 Å². The smallest absolute Gasteiger partial charge is 0.348 e. The first kappa shape index (κ1) is 20.2. The van der Waals surface area contributed by atoms with Gasteiger partial charge >= 0.3 is 5.97 Å². The van der Waals surface area contributed by atoms with E-state index in [1.807, 2.05) is 62.4 Å². The molecule has 6 heteroatoms. The summed E-state index contributed by atoms with van der Waals surface area (Å²) in [6.45, 7) is 4.14. The van der Waals surface area contributed by atoms with E-state index < -0.39 is 5.97 Å². The lowest BCUT2D eigenvalue weighted by molar-refractivity contribution is -0.125. The SMILES string of the molecule is CC[C@@H](NC(=O)COC(=O)c1cc2c(s1)-c1ccccc1OC2)c1ccc(C)cc1. The molecule has 1 aromatic heterocycles. The Hall–Kier alpha value is -3.12. The van der Waals surface area contributed by atoms with E-state index in [-0.39, 0.29) is 18.6 Å². The van der Waals surface area contributed by atoms with E-state index in [1.165, 1.54) is 16.9 Å². The lowest BCUT2D eigenvalue weighted by Gasteiger charge is -2.17. The maximum absolute atomic E-state index is 12.5. The van der Waals surface area contributed by atoms with Gasteiger partial charge in [0.25, 0.3) is 5.91 Å². The molecule has 0 unspecified atom stereocenters. The summed E-state index contributed by atoms with van der Waals surface area (Å²) in [5, 5.41) is 2.94. The number of carbonyl (C=O) groups excluding carboxylic acids is 2. The van der Waals surface area contributed by atoms with Crippen molar-refractivity contribution in [3.63, 3.8) is 0 Å². The van der Waals surface area contributed by atoms with Crippen LogP contribution in [0.5, 0.6) is 5.75 Å². The first-order chi connectivity index (χ1) is 14.5. The highest BCUT2D eigenvalue weighted by molar-refractivity contribution is 7.17. The minimum absolute atomic E-state index is 0.112. The summed E-state index contributed by atoms with van der Waals surface area (Å²) in [5.74, 6) is 0.00375. The third-order valence-electron chi connectivity index (χ3n) is 5.08. The van der Waals surface area contributed by atoms with Crippen LogP contribution in [0.3, 0.4) is 0 Å². The van der Waals surface area contributed by atoms with Gasteiger partial charge in [0.15, 0.2) is 6.61 Å². The average Bonchev–Trinajstić information content (AvgIpc) is 3.21. The Morgan fingerprint density at radius 2 is 1.93 bits per heavy atom. The summed E-state index contributed by atoms with van der Waals surface area (Å²) in [5.41, 5.74) is 4.14. The van der Waals surface area contributed by atoms with Crippen LogP contribution in [0.4, 0.5) is 0 Å². The predicted molar refractivity (Wildman–Crippen MR) is 117 cm³/mol. The number of para-hydroxylation sites is 1. The second-order valence-electron chi connectivity index (χ2n) is 7.27. The van der Waals surface area contributed by atoms with Gasteiger partial charge in [0, 0.05) is 16.0 Å². The van der Waals surface area contributed by atoms with Crippen molar-refractivity contribution >= 4 is 23.2 Å². The molecule has 0 aliphatic carbocycles. The molecule has 2 heterocycles. The van der Waals surface area contributed by atoms with Crippen LogP contribution < -0.4 is 10.1 Å². The summed E-state index contributed by atoms with van der Waals surface area (Å²) in [4.78, 5) is 26.3. The second-order valence-corrected chi connectivity index (χ2v) is 8.32. The van der Waals surface area contributed by atoms with Crippen molar-refractivity contribution in [1.82, 2.24) is 5.32 Å². The predicted octanol–water partition coefficient (Wildman–Crippen LogP) is 5.04. The molecule has 1 N–H and O–H groups in total. The number of fused-ring (bicyclic) bond motifs is 3. The molecule has 1 aliphatic heterocycles. The second kappa shape index (κ2) is 8.71. The number of rotatable bonds is 6. The van der Waals surface area contributed by atoms with Crippen molar-refractivity contribution in [3.05, 3.63) is 76.2 Å². The highest BCUT2D eigenvalue weighted by atomic mass is 32.1. The van der Waals surface area contributed by atoms with E-state index >= 15 is 0 Å². The number of hydrogen-bond donors (Lipinski definition) is 1. The molecule has 2 aromatic carbocycles. The van der Waals surface area contributed by atoms with E-state index in [9.17, 15) is 9.59 Å². The minimum atomic E-state index is -0.495. The normalized spacial score (nSPS) is 12.9. The maximum atomic E-state index is 12.5. The Morgan fingerprint density at radius 1 is 1.17 bits per heavy atom. The standard InChI is InChI=1S/C24H23NO4S/c1-3-19(16-10-8-15(2)9-11-16)25-22(26)14-29-24(27)21-12-17-13-28-20-7-5-4-6-18(20)23(17)30-21/h4-12,19H,3,13-14H2,1-2H3,(H,25,26)/t19-/m1/s1. The Morgan fingerprint density at radius 3 is 2.70 bits per heavy atom. The van der Waals surface area contributed by atoms with E-state index in [1.54, 1.807) is 6.07 Å². The molecule has 4 rings (SSSR count). The number of aryl methyl sites for hydroxylation is 1. The highest BCUT2D eigenvalue weighted by Crippen LogP contribution is 2.42. The summed E-state index contributed by atoms with van der Waals surface area (Å²) < 4.78 is 11.0. The van der Waals surface area contributed by atoms with Crippen LogP contribution in [-0.4, -0.2) is 18.5 Å². The third kappa shape index (κ3) is 4.24. The molecular formula is C24H23NO4S. The number of carbonyl (C=O) groups is 2. The van der Waals surface area contributed by atoms with E-state index in [0.29, 0.717) is 11.5 Å². The van der Waals surface area contributed by atoms with Crippen LogP contribution in [0.1, 0.15) is 45.7 Å². The number of nitrogens with one attached hydrogen (secondary N) is 1. The Labute approximate surface area is 179 Å². The first-order valence-electron chi connectivity index (χ1n) is 9.93. The molecule has 1 amide bonds. The zero-order chi connectivity index (χ0) is 21.1. The largest absolute Gasteiger partial charge is 0.488 e. The van der Waals surface area contributed by atoms with Gasteiger partial charge in [0.05, 0.1) is 6.04 Å². The van der Waals surface area contributed by atoms with E-state index in [4.69, 9.17) is 9.47 Å². The van der Waals surface area contributed by atoms with Crippen molar-refractivity contribution in [3.8, 4) is 16.2 Å². The van der Waals surface area contributed by atoms with Gasteiger partial charge in [-0.1, -0.05) is 48.9 Å². The fraction of sp³-hybridized carbons (Fsp3) is 0.250. The average molecular weight is 422 g/mol. The molecular weight excluding hydrogens is 398 g/mol. The number of ether oxygens (including phenoxy) is 2. The molecule has 0 fully saturated rings. The van der Waals surface area contributed by atoms with Crippen LogP contribution in [0.15, 0.2) is 54.6 Å². The van der Waals surface area contributed by atoms with Crippen LogP contribution in [0.25, 0.3) is 10.4 Å². The van der Waals surface area contributed by atoms with E-state index in [0.717, 1.165) is 33.7 Å². The van der Waals surface area contributed by atoms with Crippen LogP contribution in [-0.2, 0) is 16.1 Å². The van der Waals surface area contributed by atoms with Crippen LogP contribution in [0.2, 0.25) is 0 Å². The summed E-state index contributed by atoms with van der Waals surface area (Å²) in [6, 6.07) is 17.5. The van der Waals surface area contributed by atoms with Gasteiger partial charge in [-0.3, -0.25) is 4.79 Å². The van der Waals surface area contributed by atoms with Crippen molar-refractivity contribution in [2.75, 3.05) is 6.61 Å². The zero-order valence-electron chi connectivity index (χ0n) is 16.9. The van der Waals surface area contributed by atoms with Gasteiger partial charge in [0.1, 0.15) is 17.2 Å². The van der Waals surface area contributed by atoms with Crippen molar-refractivity contribution < 1.29 is 19.1 Å². The maximum Gasteiger partial charge on any atom is 0.348 e. The number of hydrogen-bond acceptors (Lipinski definition) is 5.